The number of rotatable bonds is 2. The quantitative estimate of drug-likeness (QED) is 0.743. The summed E-state index contributed by atoms with van der Waals surface area (Å²) in [4.78, 5) is 3.39. The Balaban J connectivity index is 2.45. The van der Waals surface area contributed by atoms with Gasteiger partial charge in [-0.2, -0.15) is 0 Å². The minimum atomic E-state index is 0.744. The first-order valence-electron chi connectivity index (χ1n) is 5.87. The summed E-state index contributed by atoms with van der Waals surface area (Å²) in [6, 6.07) is 10.4. The van der Waals surface area contributed by atoms with Crippen LogP contribution in [0, 0.1) is 6.92 Å². The molecular weight excluding hydrogens is 226 g/mol. The van der Waals surface area contributed by atoms with E-state index < -0.39 is 0 Å². The Labute approximate surface area is 105 Å². The molecule has 0 unspecified atom stereocenters. The molecule has 0 atom stereocenters. The molecule has 1 aromatic heterocycles. The van der Waals surface area contributed by atoms with Gasteiger partial charge in [0.05, 0.1) is 19.7 Å². The van der Waals surface area contributed by atoms with Crippen molar-refractivity contribution in [2.45, 2.75) is 6.92 Å². The van der Waals surface area contributed by atoms with Gasteiger partial charge < -0.3 is 14.5 Å². The zero-order valence-electron chi connectivity index (χ0n) is 10.7. The van der Waals surface area contributed by atoms with Crippen molar-refractivity contribution in [2.24, 2.45) is 0 Å². The molecule has 0 bridgehead atoms. The van der Waals surface area contributed by atoms with Crippen molar-refractivity contribution in [1.29, 1.82) is 0 Å². The average Bonchev–Trinajstić information content (AvgIpc) is 2.75. The molecule has 1 N–H and O–H groups in total. The van der Waals surface area contributed by atoms with Crippen LogP contribution < -0.4 is 9.47 Å². The fourth-order valence-corrected chi connectivity index (χ4v) is 2.40. The number of hydrogen-bond donors (Lipinski definition) is 1. The highest BCUT2D eigenvalue weighted by Gasteiger charge is 2.13. The molecule has 3 aromatic rings. The molecule has 3 heteroatoms. The maximum absolute atomic E-state index is 5.45. The first-order valence-corrected chi connectivity index (χ1v) is 5.87. The molecular formula is C15H15NO2. The number of aryl methyl sites for hydroxylation is 1. The predicted molar refractivity (Wildman–Crippen MR) is 73.6 cm³/mol. The van der Waals surface area contributed by atoms with Crippen molar-refractivity contribution in [3.8, 4) is 11.5 Å². The smallest absolute Gasteiger partial charge is 0.184 e. The van der Waals surface area contributed by atoms with E-state index in [4.69, 9.17) is 9.47 Å². The van der Waals surface area contributed by atoms with Gasteiger partial charge in [-0.1, -0.05) is 11.6 Å². The van der Waals surface area contributed by atoms with E-state index in [0.29, 0.717) is 0 Å². The molecule has 0 radical (unpaired) electrons. The van der Waals surface area contributed by atoms with Crippen LogP contribution in [0.1, 0.15) is 5.56 Å². The summed E-state index contributed by atoms with van der Waals surface area (Å²) in [5.41, 5.74) is 3.35. The Morgan fingerprint density at radius 3 is 2.50 bits per heavy atom. The van der Waals surface area contributed by atoms with E-state index >= 15 is 0 Å². The average molecular weight is 241 g/mol. The SMILES string of the molecule is COc1ccc2c([nH]c3ccc(C)cc32)c1OC. The van der Waals surface area contributed by atoms with Gasteiger partial charge in [0, 0.05) is 16.3 Å². The van der Waals surface area contributed by atoms with Gasteiger partial charge in [0.1, 0.15) is 0 Å². The number of aromatic nitrogens is 1. The lowest BCUT2D eigenvalue weighted by atomic mass is 10.1. The zero-order chi connectivity index (χ0) is 12.7. The van der Waals surface area contributed by atoms with Gasteiger partial charge in [0.15, 0.2) is 11.5 Å². The molecule has 0 fully saturated rings. The van der Waals surface area contributed by atoms with Gasteiger partial charge in [0.2, 0.25) is 0 Å². The number of H-pyrrole nitrogens is 1. The summed E-state index contributed by atoms with van der Waals surface area (Å²) in [7, 11) is 3.31. The molecule has 0 aliphatic rings. The highest BCUT2D eigenvalue weighted by atomic mass is 16.5. The molecule has 18 heavy (non-hydrogen) atoms. The third-order valence-corrected chi connectivity index (χ3v) is 3.27. The third-order valence-electron chi connectivity index (χ3n) is 3.27. The summed E-state index contributed by atoms with van der Waals surface area (Å²) < 4.78 is 10.8. The van der Waals surface area contributed by atoms with Crippen LogP contribution in [0.25, 0.3) is 21.8 Å². The van der Waals surface area contributed by atoms with Crippen LogP contribution in [0.4, 0.5) is 0 Å². The number of methoxy groups -OCH3 is 2. The van der Waals surface area contributed by atoms with Crippen LogP contribution in [-0.2, 0) is 0 Å². The van der Waals surface area contributed by atoms with E-state index in [-0.39, 0.29) is 0 Å². The fourth-order valence-electron chi connectivity index (χ4n) is 2.40. The summed E-state index contributed by atoms with van der Waals surface area (Å²) in [6.07, 6.45) is 0. The van der Waals surface area contributed by atoms with Crippen LogP contribution in [0.3, 0.4) is 0 Å². The van der Waals surface area contributed by atoms with Crippen LogP contribution in [0.15, 0.2) is 30.3 Å². The number of nitrogens with one attached hydrogen (secondary N) is 1. The monoisotopic (exact) mass is 241 g/mol. The molecule has 0 spiro atoms. The highest BCUT2D eigenvalue weighted by molar-refractivity contribution is 6.10. The molecule has 0 saturated heterocycles. The topological polar surface area (TPSA) is 34.2 Å². The van der Waals surface area contributed by atoms with Crippen LogP contribution in [0.2, 0.25) is 0 Å². The first-order chi connectivity index (χ1) is 8.74. The molecule has 0 aliphatic carbocycles. The van der Waals surface area contributed by atoms with E-state index in [9.17, 15) is 0 Å². The summed E-state index contributed by atoms with van der Waals surface area (Å²) in [5, 5.41) is 2.37. The first kappa shape index (κ1) is 11.0. The second-order valence-corrected chi connectivity index (χ2v) is 4.40. The molecule has 0 amide bonds. The summed E-state index contributed by atoms with van der Waals surface area (Å²) in [5.74, 6) is 1.50. The van der Waals surface area contributed by atoms with Gasteiger partial charge in [-0.05, 0) is 31.2 Å². The van der Waals surface area contributed by atoms with E-state index in [1.54, 1.807) is 14.2 Å². The molecule has 0 saturated carbocycles. The van der Waals surface area contributed by atoms with Crippen molar-refractivity contribution in [3.05, 3.63) is 35.9 Å². The van der Waals surface area contributed by atoms with Gasteiger partial charge in [0.25, 0.3) is 0 Å². The Morgan fingerprint density at radius 1 is 0.944 bits per heavy atom. The van der Waals surface area contributed by atoms with Crippen molar-refractivity contribution in [3.63, 3.8) is 0 Å². The lowest BCUT2D eigenvalue weighted by Crippen LogP contribution is -1.90. The van der Waals surface area contributed by atoms with E-state index in [1.807, 2.05) is 6.07 Å². The van der Waals surface area contributed by atoms with Crippen molar-refractivity contribution in [2.75, 3.05) is 14.2 Å². The minimum absolute atomic E-state index is 0.744. The predicted octanol–water partition coefficient (Wildman–Crippen LogP) is 3.65. The van der Waals surface area contributed by atoms with Gasteiger partial charge in [-0.15, -0.1) is 0 Å². The lowest BCUT2D eigenvalue weighted by molar-refractivity contribution is 0.358. The number of fused-ring (bicyclic) bond motifs is 3. The van der Waals surface area contributed by atoms with Gasteiger partial charge in [-0.3, -0.25) is 0 Å². The fraction of sp³-hybridized carbons (Fsp3) is 0.200. The number of benzene rings is 2. The molecule has 3 nitrogen and oxygen atoms in total. The number of aromatic amines is 1. The van der Waals surface area contributed by atoms with Gasteiger partial charge >= 0.3 is 0 Å². The lowest BCUT2D eigenvalue weighted by Gasteiger charge is -2.07. The standard InChI is InChI=1S/C15H15NO2/c1-9-4-6-12-11(8-9)10-5-7-13(17-2)15(18-3)14(10)16-12/h4-8,16H,1-3H3. The Kier molecular flexibility index (Phi) is 2.40. The maximum atomic E-state index is 5.45. The maximum Gasteiger partial charge on any atom is 0.184 e. The molecule has 2 aromatic carbocycles. The van der Waals surface area contributed by atoms with E-state index in [2.05, 4.69) is 36.2 Å². The van der Waals surface area contributed by atoms with E-state index in [1.165, 1.54) is 10.9 Å². The largest absolute Gasteiger partial charge is 0.493 e. The van der Waals surface area contributed by atoms with Crippen molar-refractivity contribution in [1.82, 2.24) is 4.98 Å². The number of ether oxygens (including phenoxy) is 2. The van der Waals surface area contributed by atoms with Crippen LogP contribution >= 0.6 is 0 Å². The molecule has 92 valence electrons. The zero-order valence-corrected chi connectivity index (χ0v) is 10.7. The Morgan fingerprint density at radius 2 is 1.78 bits per heavy atom. The molecule has 1 heterocycles. The second kappa shape index (κ2) is 3.95. The Bertz CT molecular complexity index is 728. The number of hydrogen-bond acceptors (Lipinski definition) is 2. The summed E-state index contributed by atoms with van der Waals surface area (Å²) >= 11 is 0. The van der Waals surface area contributed by atoms with Gasteiger partial charge in [-0.25, -0.2) is 0 Å². The normalized spacial score (nSPS) is 11.1. The molecule has 0 aliphatic heterocycles. The Hall–Kier alpha value is -2.16. The highest BCUT2D eigenvalue weighted by Crippen LogP contribution is 2.38. The second-order valence-electron chi connectivity index (χ2n) is 4.40. The van der Waals surface area contributed by atoms with Crippen LogP contribution in [-0.4, -0.2) is 19.2 Å². The van der Waals surface area contributed by atoms with Crippen molar-refractivity contribution < 1.29 is 9.47 Å². The third kappa shape index (κ3) is 1.44. The molecule has 3 rings (SSSR count). The summed E-state index contributed by atoms with van der Waals surface area (Å²) in [6.45, 7) is 2.10. The van der Waals surface area contributed by atoms with Crippen LogP contribution in [0.5, 0.6) is 11.5 Å². The van der Waals surface area contributed by atoms with E-state index in [0.717, 1.165) is 27.9 Å². The minimum Gasteiger partial charge on any atom is -0.493 e. The van der Waals surface area contributed by atoms with Crippen molar-refractivity contribution >= 4 is 21.8 Å².